The number of nitrogens with one attached hydrogen (secondary N) is 2. The van der Waals surface area contributed by atoms with Gasteiger partial charge in [0.25, 0.3) is 0 Å². The fraction of sp³-hybridized carbons (Fsp3) is 0.556. The van der Waals surface area contributed by atoms with Gasteiger partial charge in [0.05, 0.1) is 24.3 Å². The number of ether oxygens (including phenoxy) is 2. The molecular formula is C27H38N8O3. The molecule has 0 spiro atoms. The summed E-state index contributed by atoms with van der Waals surface area (Å²) in [5.74, 6) is 3.51. The van der Waals surface area contributed by atoms with E-state index in [1.165, 1.54) is 0 Å². The maximum absolute atomic E-state index is 10.1. The normalized spacial score (nSPS) is 18.0. The minimum atomic E-state index is -1.15. The molecule has 2 fully saturated rings. The summed E-state index contributed by atoms with van der Waals surface area (Å²) in [4.78, 5) is 23.2. The number of aromatic nitrogens is 4. The highest BCUT2D eigenvalue weighted by atomic mass is 16.6. The van der Waals surface area contributed by atoms with E-state index in [2.05, 4.69) is 47.5 Å². The van der Waals surface area contributed by atoms with Gasteiger partial charge < -0.3 is 35.0 Å². The first-order valence-corrected chi connectivity index (χ1v) is 13.4. The first kappa shape index (κ1) is 26.3. The molecule has 11 nitrogen and oxygen atoms in total. The number of nitrogens with zero attached hydrogens (tertiary/aromatic N) is 6. The molecule has 5 rings (SSSR count). The molecule has 3 N–H and O–H groups in total. The van der Waals surface area contributed by atoms with Gasteiger partial charge in [0, 0.05) is 56.6 Å². The van der Waals surface area contributed by atoms with Gasteiger partial charge in [0.2, 0.25) is 12.4 Å². The molecule has 5 heterocycles. The number of aliphatic hydroxyl groups excluding tert-OH is 1. The summed E-state index contributed by atoms with van der Waals surface area (Å²) in [6.45, 7) is 11.4. The number of hydrogen-bond donors (Lipinski definition) is 3. The van der Waals surface area contributed by atoms with E-state index in [0.717, 1.165) is 81.3 Å². The standard InChI is InChI=1S/C27H38N8O3/c1-27(2,3)38-26(36)32-22-6-10-29-25(31-22)30-18-19-7-11-35(12-8-19)24-20-5-4-9-28-21(20)17-23(33-24)34-13-15-37-16-14-34/h4-6,9-10,17,19,26,36H,7-8,11-16,18H2,1-3H3,(H2,29,30,31,32). The number of anilines is 4. The topological polar surface area (TPSA) is 121 Å². The third-order valence-electron chi connectivity index (χ3n) is 6.76. The van der Waals surface area contributed by atoms with Crippen molar-refractivity contribution in [2.24, 2.45) is 5.92 Å². The van der Waals surface area contributed by atoms with Gasteiger partial charge in [-0.05, 0) is 57.7 Å². The lowest BCUT2D eigenvalue weighted by atomic mass is 9.96. The predicted octanol–water partition coefficient (Wildman–Crippen LogP) is 3.09. The van der Waals surface area contributed by atoms with E-state index in [9.17, 15) is 5.11 Å². The van der Waals surface area contributed by atoms with Gasteiger partial charge in [-0.1, -0.05) is 0 Å². The fourth-order valence-electron chi connectivity index (χ4n) is 4.84. The minimum absolute atomic E-state index is 0.475. The first-order valence-electron chi connectivity index (χ1n) is 13.4. The molecule has 0 bridgehead atoms. The fourth-order valence-corrected chi connectivity index (χ4v) is 4.84. The van der Waals surface area contributed by atoms with Crippen LogP contribution in [0.2, 0.25) is 0 Å². The van der Waals surface area contributed by atoms with Crippen LogP contribution in [0.5, 0.6) is 0 Å². The maximum Gasteiger partial charge on any atom is 0.237 e. The Morgan fingerprint density at radius 2 is 1.84 bits per heavy atom. The van der Waals surface area contributed by atoms with Crippen LogP contribution in [0.1, 0.15) is 33.6 Å². The van der Waals surface area contributed by atoms with Crippen LogP contribution < -0.4 is 20.4 Å². The second-order valence-corrected chi connectivity index (χ2v) is 10.8. The maximum atomic E-state index is 10.1. The number of aliphatic hydroxyl groups is 1. The summed E-state index contributed by atoms with van der Waals surface area (Å²) in [5.41, 5.74) is 0.504. The van der Waals surface area contributed by atoms with Crippen molar-refractivity contribution in [2.75, 3.05) is 66.4 Å². The Morgan fingerprint density at radius 1 is 1.05 bits per heavy atom. The van der Waals surface area contributed by atoms with Crippen LogP contribution in [0.4, 0.5) is 23.4 Å². The monoisotopic (exact) mass is 522 g/mol. The SMILES string of the molecule is CC(C)(C)OC(O)Nc1ccnc(NCC2CCN(c3nc(N4CCOCC4)cc4ncccc34)CC2)n1. The van der Waals surface area contributed by atoms with Crippen molar-refractivity contribution in [3.8, 4) is 0 Å². The summed E-state index contributed by atoms with van der Waals surface area (Å²) < 4.78 is 11.0. The van der Waals surface area contributed by atoms with Gasteiger partial charge in [0.15, 0.2) is 0 Å². The van der Waals surface area contributed by atoms with Crippen LogP contribution in [-0.2, 0) is 9.47 Å². The number of piperidine rings is 1. The molecule has 3 aromatic heterocycles. The van der Waals surface area contributed by atoms with E-state index in [1.54, 1.807) is 12.3 Å². The molecule has 1 atom stereocenters. The lowest BCUT2D eigenvalue weighted by Crippen LogP contribution is -2.38. The third-order valence-corrected chi connectivity index (χ3v) is 6.76. The zero-order valence-electron chi connectivity index (χ0n) is 22.4. The summed E-state index contributed by atoms with van der Waals surface area (Å²) >= 11 is 0. The molecule has 2 aliphatic heterocycles. The Morgan fingerprint density at radius 3 is 2.61 bits per heavy atom. The number of hydrogen-bond acceptors (Lipinski definition) is 11. The highest BCUT2D eigenvalue weighted by Gasteiger charge is 2.24. The molecule has 0 amide bonds. The van der Waals surface area contributed by atoms with Gasteiger partial charge >= 0.3 is 0 Å². The smallest absolute Gasteiger partial charge is 0.237 e. The molecule has 11 heteroatoms. The van der Waals surface area contributed by atoms with Crippen LogP contribution >= 0.6 is 0 Å². The van der Waals surface area contributed by atoms with Gasteiger partial charge in [0.1, 0.15) is 17.5 Å². The van der Waals surface area contributed by atoms with Crippen molar-refractivity contribution in [1.82, 2.24) is 19.9 Å². The van der Waals surface area contributed by atoms with E-state index in [4.69, 9.17) is 14.5 Å². The molecule has 2 saturated heterocycles. The highest BCUT2D eigenvalue weighted by molar-refractivity contribution is 5.91. The molecule has 0 radical (unpaired) electrons. The van der Waals surface area contributed by atoms with Crippen molar-refractivity contribution >= 4 is 34.3 Å². The molecule has 2 aliphatic rings. The van der Waals surface area contributed by atoms with Crippen LogP contribution in [-0.4, -0.2) is 83.0 Å². The van der Waals surface area contributed by atoms with Crippen LogP contribution in [0, 0.1) is 5.92 Å². The van der Waals surface area contributed by atoms with Crippen molar-refractivity contribution in [2.45, 2.75) is 45.6 Å². The summed E-state index contributed by atoms with van der Waals surface area (Å²) in [6.07, 6.45) is 4.43. The molecule has 0 saturated carbocycles. The molecule has 204 valence electrons. The Kier molecular flexibility index (Phi) is 8.06. The van der Waals surface area contributed by atoms with Gasteiger partial charge in [-0.2, -0.15) is 4.98 Å². The quantitative estimate of drug-likeness (QED) is 0.379. The van der Waals surface area contributed by atoms with E-state index in [1.807, 2.05) is 33.0 Å². The average Bonchev–Trinajstić information content (AvgIpc) is 2.91. The van der Waals surface area contributed by atoms with Crippen LogP contribution in [0.25, 0.3) is 10.9 Å². The summed E-state index contributed by atoms with van der Waals surface area (Å²) in [6, 6.07) is 7.90. The summed E-state index contributed by atoms with van der Waals surface area (Å²) in [7, 11) is 0. The van der Waals surface area contributed by atoms with Crippen molar-refractivity contribution in [3.63, 3.8) is 0 Å². The molecule has 0 aromatic carbocycles. The predicted molar refractivity (Wildman–Crippen MR) is 148 cm³/mol. The van der Waals surface area contributed by atoms with Gasteiger partial charge in [-0.15, -0.1) is 0 Å². The second-order valence-electron chi connectivity index (χ2n) is 10.8. The number of pyridine rings is 2. The molecule has 3 aromatic rings. The largest absolute Gasteiger partial charge is 0.378 e. The molecular weight excluding hydrogens is 484 g/mol. The van der Waals surface area contributed by atoms with Crippen molar-refractivity contribution in [1.29, 1.82) is 0 Å². The average molecular weight is 523 g/mol. The lowest BCUT2D eigenvalue weighted by Gasteiger charge is -2.35. The number of fused-ring (bicyclic) bond motifs is 1. The molecule has 1 unspecified atom stereocenters. The number of morpholine rings is 1. The lowest BCUT2D eigenvalue weighted by molar-refractivity contribution is -0.148. The van der Waals surface area contributed by atoms with E-state index >= 15 is 0 Å². The molecule has 0 aliphatic carbocycles. The van der Waals surface area contributed by atoms with Crippen molar-refractivity contribution < 1.29 is 14.6 Å². The summed E-state index contributed by atoms with van der Waals surface area (Å²) in [5, 5.41) is 17.4. The zero-order valence-corrected chi connectivity index (χ0v) is 22.4. The zero-order chi connectivity index (χ0) is 26.5. The first-order chi connectivity index (χ1) is 18.3. The van der Waals surface area contributed by atoms with E-state index < -0.39 is 12.0 Å². The Balaban J connectivity index is 1.19. The Bertz CT molecular complexity index is 1210. The van der Waals surface area contributed by atoms with Crippen LogP contribution in [0.15, 0.2) is 36.7 Å². The third kappa shape index (κ3) is 6.77. The Hall–Kier alpha value is -3.28. The number of rotatable bonds is 8. The molecule has 38 heavy (non-hydrogen) atoms. The Labute approximate surface area is 223 Å². The van der Waals surface area contributed by atoms with Crippen LogP contribution in [0.3, 0.4) is 0 Å². The van der Waals surface area contributed by atoms with E-state index in [0.29, 0.717) is 17.7 Å². The minimum Gasteiger partial charge on any atom is -0.378 e. The van der Waals surface area contributed by atoms with Crippen molar-refractivity contribution in [3.05, 3.63) is 36.7 Å². The second kappa shape index (κ2) is 11.6. The van der Waals surface area contributed by atoms with E-state index in [-0.39, 0.29) is 0 Å². The van der Waals surface area contributed by atoms with Gasteiger partial charge in [-0.25, -0.2) is 9.97 Å². The highest BCUT2D eigenvalue weighted by Crippen LogP contribution is 2.31. The van der Waals surface area contributed by atoms with Gasteiger partial charge in [-0.3, -0.25) is 4.98 Å².